The summed E-state index contributed by atoms with van der Waals surface area (Å²) >= 11 is 0. The number of aryl methyl sites for hydroxylation is 2. The van der Waals surface area contributed by atoms with Crippen LogP contribution < -0.4 is 16.0 Å². The minimum absolute atomic E-state index is 0.0142. The lowest BCUT2D eigenvalue weighted by Crippen LogP contribution is -2.30. The molecule has 7 nitrogen and oxygen atoms in total. The van der Waals surface area contributed by atoms with E-state index in [1.165, 1.54) is 0 Å². The van der Waals surface area contributed by atoms with Crippen molar-refractivity contribution >= 4 is 28.6 Å². The van der Waals surface area contributed by atoms with Gasteiger partial charge in [0, 0.05) is 55.5 Å². The number of hydrogen-bond donors (Lipinski definition) is 3. The third kappa shape index (κ3) is 4.75. The van der Waals surface area contributed by atoms with Gasteiger partial charge in [0.05, 0.1) is 6.42 Å². The summed E-state index contributed by atoms with van der Waals surface area (Å²) in [5.74, 6) is 1.38. The van der Waals surface area contributed by atoms with Gasteiger partial charge in [0.15, 0.2) is 0 Å². The third-order valence-electron chi connectivity index (χ3n) is 4.27. The van der Waals surface area contributed by atoms with E-state index >= 15 is 0 Å². The van der Waals surface area contributed by atoms with E-state index < -0.39 is 0 Å². The van der Waals surface area contributed by atoms with Crippen LogP contribution in [0.5, 0.6) is 0 Å². The van der Waals surface area contributed by atoms with Crippen LogP contribution in [0.4, 0.5) is 11.8 Å². The van der Waals surface area contributed by atoms with Gasteiger partial charge in [-0.05, 0) is 25.5 Å². The Kier molecular flexibility index (Phi) is 5.90. The number of anilines is 2. The first-order valence-electron chi connectivity index (χ1n) is 9.20. The lowest BCUT2D eigenvalue weighted by molar-refractivity contribution is -0.120. The standard InChI is InChI=1S/C20H26N6O/c1-4-21-20-24-14(2)11-18(25-20)22-9-10-23-19(27)12-15-13-26(3)17-8-6-5-7-16(15)17/h5-8,11,13H,4,9-10,12H2,1-3H3,(H,23,27)(H2,21,22,24,25). The zero-order chi connectivity index (χ0) is 19.2. The van der Waals surface area contributed by atoms with E-state index in [2.05, 4.69) is 42.6 Å². The second-order valence-corrected chi connectivity index (χ2v) is 6.48. The Hall–Kier alpha value is -3.09. The van der Waals surface area contributed by atoms with E-state index in [1.807, 2.05) is 45.3 Å². The average molecular weight is 366 g/mol. The van der Waals surface area contributed by atoms with Gasteiger partial charge in [0.25, 0.3) is 0 Å². The van der Waals surface area contributed by atoms with Gasteiger partial charge in [-0.2, -0.15) is 4.98 Å². The topological polar surface area (TPSA) is 83.9 Å². The molecule has 7 heteroatoms. The summed E-state index contributed by atoms with van der Waals surface area (Å²) in [7, 11) is 2.00. The van der Waals surface area contributed by atoms with Crippen LogP contribution >= 0.6 is 0 Å². The average Bonchev–Trinajstić information content (AvgIpc) is 2.95. The van der Waals surface area contributed by atoms with Gasteiger partial charge in [-0.15, -0.1) is 0 Å². The zero-order valence-corrected chi connectivity index (χ0v) is 16.0. The van der Waals surface area contributed by atoms with Crippen LogP contribution in [0.15, 0.2) is 36.5 Å². The van der Waals surface area contributed by atoms with Gasteiger partial charge >= 0.3 is 0 Å². The van der Waals surface area contributed by atoms with Crippen molar-refractivity contribution < 1.29 is 4.79 Å². The fourth-order valence-electron chi connectivity index (χ4n) is 3.09. The summed E-state index contributed by atoms with van der Waals surface area (Å²) in [6.45, 7) is 5.84. The van der Waals surface area contributed by atoms with Crippen LogP contribution in [0.2, 0.25) is 0 Å². The van der Waals surface area contributed by atoms with Crippen molar-refractivity contribution in [2.45, 2.75) is 20.3 Å². The van der Waals surface area contributed by atoms with Crippen molar-refractivity contribution in [2.24, 2.45) is 7.05 Å². The van der Waals surface area contributed by atoms with E-state index in [0.717, 1.165) is 34.5 Å². The van der Waals surface area contributed by atoms with E-state index in [-0.39, 0.29) is 5.91 Å². The van der Waals surface area contributed by atoms with Gasteiger partial charge in [-0.25, -0.2) is 4.98 Å². The molecule has 1 amide bonds. The Balaban J connectivity index is 1.50. The van der Waals surface area contributed by atoms with E-state index in [0.29, 0.717) is 25.5 Å². The molecule has 1 aromatic carbocycles. The first-order valence-corrected chi connectivity index (χ1v) is 9.20. The van der Waals surface area contributed by atoms with Gasteiger partial charge in [0.2, 0.25) is 11.9 Å². The van der Waals surface area contributed by atoms with Crippen LogP contribution in [0.25, 0.3) is 10.9 Å². The fraction of sp³-hybridized carbons (Fsp3) is 0.350. The molecule has 3 N–H and O–H groups in total. The zero-order valence-electron chi connectivity index (χ0n) is 16.0. The maximum Gasteiger partial charge on any atom is 0.224 e. The second kappa shape index (κ2) is 8.53. The Labute approximate surface area is 159 Å². The summed E-state index contributed by atoms with van der Waals surface area (Å²) < 4.78 is 2.05. The molecule has 3 aromatic rings. The number of para-hydroxylation sites is 1. The van der Waals surface area contributed by atoms with E-state index in [4.69, 9.17) is 0 Å². The molecule has 2 aromatic heterocycles. The van der Waals surface area contributed by atoms with Crippen LogP contribution in [0.3, 0.4) is 0 Å². The molecule has 3 rings (SSSR count). The van der Waals surface area contributed by atoms with Crippen LogP contribution in [-0.4, -0.2) is 40.1 Å². The monoisotopic (exact) mass is 366 g/mol. The highest BCUT2D eigenvalue weighted by Crippen LogP contribution is 2.20. The summed E-state index contributed by atoms with van der Waals surface area (Å²) in [4.78, 5) is 21.0. The molecule has 0 bridgehead atoms. The Morgan fingerprint density at radius 1 is 1.15 bits per heavy atom. The number of carbonyl (C=O) groups is 1. The minimum Gasteiger partial charge on any atom is -0.368 e. The first kappa shape index (κ1) is 18.7. The molecule has 0 aliphatic heterocycles. The maximum atomic E-state index is 12.3. The number of benzene rings is 1. The van der Waals surface area contributed by atoms with Crippen LogP contribution in [0, 0.1) is 6.92 Å². The van der Waals surface area contributed by atoms with Crippen molar-refractivity contribution in [3.8, 4) is 0 Å². The largest absolute Gasteiger partial charge is 0.368 e. The molecule has 0 unspecified atom stereocenters. The van der Waals surface area contributed by atoms with Gasteiger partial charge in [-0.1, -0.05) is 18.2 Å². The molecule has 0 saturated heterocycles. The number of carbonyl (C=O) groups excluding carboxylic acids is 1. The summed E-state index contributed by atoms with van der Waals surface area (Å²) in [6.07, 6.45) is 2.40. The van der Waals surface area contributed by atoms with Crippen molar-refractivity contribution in [1.82, 2.24) is 19.9 Å². The number of rotatable bonds is 8. The molecule has 0 saturated carbocycles. The first-order chi connectivity index (χ1) is 13.1. The normalized spacial score (nSPS) is 10.8. The number of amides is 1. The summed E-state index contributed by atoms with van der Waals surface area (Å²) in [5.41, 5.74) is 3.07. The lowest BCUT2D eigenvalue weighted by atomic mass is 10.1. The molecule has 27 heavy (non-hydrogen) atoms. The SMILES string of the molecule is CCNc1nc(C)cc(NCCNC(=O)Cc2cn(C)c3ccccc23)n1. The van der Waals surface area contributed by atoms with Crippen molar-refractivity contribution in [3.05, 3.63) is 47.8 Å². The van der Waals surface area contributed by atoms with Crippen LogP contribution in [-0.2, 0) is 18.3 Å². The molecule has 2 heterocycles. The molecule has 0 atom stereocenters. The molecule has 0 spiro atoms. The summed E-state index contributed by atoms with van der Waals surface area (Å²) in [5, 5.41) is 10.4. The smallest absolute Gasteiger partial charge is 0.224 e. The maximum absolute atomic E-state index is 12.3. The van der Waals surface area contributed by atoms with Crippen LogP contribution in [0.1, 0.15) is 18.2 Å². The van der Waals surface area contributed by atoms with Gasteiger partial charge < -0.3 is 20.5 Å². The number of aromatic nitrogens is 3. The van der Waals surface area contributed by atoms with Gasteiger partial charge in [-0.3, -0.25) is 4.79 Å². The quantitative estimate of drug-likeness (QED) is 0.534. The molecule has 142 valence electrons. The minimum atomic E-state index is 0.0142. The predicted molar refractivity (Wildman–Crippen MR) is 109 cm³/mol. The summed E-state index contributed by atoms with van der Waals surface area (Å²) in [6, 6.07) is 10.0. The highest BCUT2D eigenvalue weighted by Gasteiger charge is 2.10. The number of nitrogens with one attached hydrogen (secondary N) is 3. The van der Waals surface area contributed by atoms with Gasteiger partial charge in [0.1, 0.15) is 5.82 Å². The highest BCUT2D eigenvalue weighted by molar-refractivity contribution is 5.89. The molecule has 0 aliphatic carbocycles. The molecule has 0 radical (unpaired) electrons. The van der Waals surface area contributed by atoms with Crippen molar-refractivity contribution in [3.63, 3.8) is 0 Å². The van der Waals surface area contributed by atoms with Crippen molar-refractivity contribution in [1.29, 1.82) is 0 Å². The predicted octanol–water partition coefficient (Wildman–Crippen LogP) is 2.48. The number of hydrogen-bond acceptors (Lipinski definition) is 5. The number of fused-ring (bicyclic) bond motifs is 1. The molecular formula is C20H26N6O. The van der Waals surface area contributed by atoms with Crippen molar-refractivity contribution in [2.75, 3.05) is 30.3 Å². The Morgan fingerprint density at radius 2 is 1.96 bits per heavy atom. The third-order valence-corrected chi connectivity index (χ3v) is 4.27. The van der Waals surface area contributed by atoms with E-state index in [9.17, 15) is 4.79 Å². The Morgan fingerprint density at radius 3 is 2.78 bits per heavy atom. The van der Waals surface area contributed by atoms with E-state index in [1.54, 1.807) is 0 Å². The second-order valence-electron chi connectivity index (χ2n) is 6.48. The number of nitrogens with zero attached hydrogens (tertiary/aromatic N) is 3. The molecule has 0 aliphatic rings. The molecule has 0 fully saturated rings. The Bertz CT molecular complexity index is 933. The highest BCUT2D eigenvalue weighted by atomic mass is 16.1. The molecular weight excluding hydrogens is 340 g/mol. The lowest BCUT2D eigenvalue weighted by Gasteiger charge is -2.10. The fourth-order valence-corrected chi connectivity index (χ4v) is 3.09.